The number of hydrogen-bond acceptors (Lipinski definition) is 3. The maximum Gasteiger partial charge on any atom is 0.322 e. The van der Waals surface area contributed by atoms with Crippen LogP contribution in [0.2, 0.25) is 0 Å². The number of allylic oxidation sites excluding steroid dienone is 2. The Balaban J connectivity index is 1.65. The summed E-state index contributed by atoms with van der Waals surface area (Å²) in [6, 6.07) is -0.456. The highest BCUT2D eigenvalue weighted by molar-refractivity contribution is 6.07. The maximum atomic E-state index is 12.3. The number of urea groups is 1. The fourth-order valence-corrected chi connectivity index (χ4v) is 3.30. The van der Waals surface area contributed by atoms with Crippen LogP contribution in [0.1, 0.15) is 32.1 Å². The lowest BCUT2D eigenvalue weighted by atomic mass is 9.88. The van der Waals surface area contributed by atoms with Crippen molar-refractivity contribution in [3.05, 3.63) is 12.2 Å². The molecule has 2 heterocycles. The fourth-order valence-electron chi connectivity index (χ4n) is 3.30. The molecule has 20 heavy (non-hydrogen) atoms. The standard InChI is InChI=1S/C14H19N3O3/c18-11(8-10-4-1-2-5-10)17-7-3-6-14(9-17)12(19)15-13(20)16-14/h1,4,10H,2-3,5-9H2,(H2,15,16,19,20). The average Bonchev–Trinajstić information content (AvgIpc) is 2.99. The summed E-state index contributed by atoms with van der Waals surface area (Å²) in [4.78, 5) is 37.3. The van der Waals surface area contributed by atoms with Gasteiger partial charge in [-0.05, 0) is 31.6 Å². The first-order valence-corrected chi connectivity index (χ1v) is 7.17. The number of imide groups is 1. The topological polar surface area (TPSA) is 78.5 Å². The minimum absolute atomic E-state index is 0.0783. The third kappa shape index (κ3) is 2.30. The SMILES string of the molecule is O=C1NC(=O)C2(CCCN(C(=O)CC3C=CCC3)C2)N1. The van der Waals surface area contributed by atoms with E-state index in [2.05, 4.69) is 22.8 Å². The predicted molar refractivity (Wildman–Crippen MR) is 71.7 cm³/mol. The molecule has 6 heteroatoms. The second-order valence-corrected chi connectivity index (χ2v) is 5.88. The van der Waals surface area contributed by atoms with E-state index in [0.29, 0.717) is 31.8 Å². The van der Waals surface area contributed by atoms with Gasteiger partial charge in [0.1, 0.15) is 5.54 Å². The molecule has 0 aromatic heterocycles. The van der Waals surface area contributed by atoms with Crippen molar-refractivity contribution in [2.24, 2.45) is 5.92 Å². The molecule has 4 amide bonds. The summed E-state index contributed by atoms with van der Waals surface area (Å²) < 4.78 is 0. The summed E-state index contributed by atoms with van der Waals surface area (Å²) in [5.41, 5.74) is -0.906. The largest absolute Gasteiger partial charge is 0.340 e. The van der Waals surface area contributed by atoms with E-state index >= 15 is 0 Å². The fraction of sp³-hybridized carbons (Fsp3) is 0.643. The summed E-state index contributed by atoms with van der Waals surface area (Å²) in [5, 5.41) is 4.96. The van der Waals surface area contributed by atoms with Gasteiger partial charge in [-0.15, -0.1) is 0 Å². The smallest absolute Gasteiger partial charge is 0.322 e. The number of rotatable bonds is 2. The molecule has 0 aromatic carbocycles. The van der Waals surface area contributed by atoms with Gasteiger partial charge in [-0.25, -0.2) is 4.79 Å². The van der Waals surface area contributed by atoms with Crippen molar-refractivity contribution in [3.63, 3.8) is 0 Å². The Morgan fingerprint density at radius 1 is 1.45 bits per heavy atom. The molecule has 0 aromatic rings. The lowest BCUT2D eigenvalue weighted by Gasteiger charge is -2.38. The van der Waals surface area contributed by atoms with Gasteiger partial charge in [-0.2, -0.15) is 0 Å². The molecule has 108 valence electrons. The maximum absolute atomic E-state index is 12.3. The molecule has 3 aliphatic rings. The molecule has 1 aliphatic carbocycles. The van der Waals surface area contributed by atoms with E-state index in [-0.39, 0.29) is 11.8 Å². The van der Waals surface area contributed by atoms with E-state index in [1.165, 1.54) is 0 Å². The molecule has 2 N–H and O–H groups in total. The Morgan fingerprint density at radius 2 is 2.30 bits per heavy atom. The van der Waals surface area contributed by atoms with Gasteiger partial charge in [0.15, 0.2) is 0 Å². The van der Waals surface area contributed by atoms with E-state index in [9.17, 15) is 14.4 Å². The molecular formula is C14H19N3O3. The van der Waals surface area contributed by atoms with Crippen LogP contribution in [-0.2, 0) is 9.59 Å². The summed E-state index contributed by atoms with van der Waals surface area (Å²) in [6.45, 7) is 0.958. The van der Waals surface area contributed by atoms with Crippen molar-refractivity contribution in [2.75, 3.05) is 13.1 Å². The number of amides is 4. The number of nitrogens with one attached hydrogen (secondary N) is 2. The van der Waals surface area contributed by atoms with Crippen LogP contribution in [0.4, 0.5) is 4.79 Å². The van der Waals surface area contributed by atoms with Crippen LogP contribution in [0.15, 0.2) is 12.2 Å². The van der Waals surface area contributed by atoms with Crippen LogP contribution >= 0.6 is 0 Å². The molecule has 0 saturated carbocycles. The molecule has 6 nitrogen and oxygen atoms in total. The van der Waals surface area contributed by atoms with Crippen molar-refractivity contribution < 1.29 is 14.4 Å². The van der Waals surface area contributed by atoms with Gasteiger partial charge in [0, 0.05) is 13.0 Å². The van der Waals surface area contributed by atoms with Crippen LogP contribution in [-0.4, -0.2) is 41.4 Å². The molecule has 0 radical (unpaired) electrons. The van der Waals surface area contributed by atoms with Crippen molar-refractivity contribution in [1.29, 1.82) is 0 Å². The van der Waals surface area contributed by atoms with E-state index in [1.54, 1.807) is 4.90 Å². The first-order chi connectivity index (χ1) is 9.59. The van der Waals surface area contributed by atoms with Crippen LogP contribution in [0, 0.1) is 5.92 Å². The van der Waals surface area contributed by atoms with Gasteiger partial charge in [-0.1, -0.05) is 12.2 Å². The second kappa shape index (κ2) is 4.92. The Kier molecular flexibility index (Phi) is 3.23. The Hall–Kier alpha value is -1.85. The van der Waals surface area contributed by atoms with Crippen LogP contribution in [0.3, 0.4) is 0 Å². The van der Waals surface area contributed by atoms with Gasteiger partial charge in [0.05, 0.1) is 6.54 Å². The number of carbonyl (C=O) groups excluding carboxylic acids is 3. The van der Waals surface area contributed by atoms with E-state index in [0.717, 1.165) is 19.3 Å². The molecular weight excluding hydrogens is 258 g/mol. The molecule has 2 saturated heterocycles. The van der Waals surface area contributed by atoms with E-state index in [1.807, 2.05) is 0 Å². The molecule has 2 atom stereocenters. The van der Waals surface area contributed by atoms with Gasteiger partial charge in [-0.3, -0.25) is 14.9 Å². The zero-order chi connectivity index (χ0) is 14.2. The highest BCUT2D eigenvalue weighted by Gasteiger charge is 2.49. The lowest BCUT2D eigenvalue weighted by molar-refractivity contribution is -0.136. The molecule has 2 fully saturated rings. The Bertz CT molecular complexity index is 488. The Morgan fingerprint density at radius 3 is 2.95 bits per heavy atom. The number of nitrogens with zero attached hydrogens (tertiary/aromatic N) is 1. The van der Waals surface area contributed by atoms with Gasteiger partial charge < -0.3 is 10.2 Å². The number of carbonyl (C=O) groups is 3. The molecule has 0 bridgehead atoms. The summed E-state index contributed by atoms with van der Waals surface area (Å²) >= 11 is 0. The highest BCUT2D eigenvalue weighted by atomic mass is 16.2. The minimum atomic E-state index is -0.906. The third-order valence-electron chi connectivity index (χ3n) is 4.41. The lowest BCUT2D eigenvalue weighted by Crippen LogP contribution is -2.59. The molecule has 3 rings (SSSR count). The summed E-state index contributed by atoms with van der Waals surface area (Å²) in [6.07, 6.45) is 8.12. The average molecular weight is 277 g/mol. The quantitative estimate of drug-likeness (QED) is 0.571. The van der Waals surface area contributed by atoms with Crippen molar-refractivity contribution in [2.45, 2.75) is 37.6 Å². The number of piperidine rings is 1. The zero-order valence-electron chi connectivity index (χ0n) is 11.4. The van der Waals surface area contributed by atoms with Gasteiger partial charge in [0.25, 0.3) is 5.91 Å². The van der Waals surface area contributed by atoms with Crippen LogP contribution in [0.5, 0.6) is 0 Å². The summed E-state index contributed by atoms with van der Waals surface area (Å²) in [5.74, 6) is 0.0997. The van der Waals surface area contributed by atoms with Crippen LogP contribution in [0.25, 0.3) is 0 Å². The predicted octanol–water partition coefficient (Wildman–Crippen LogP) is 0.543. The normalized spacial score (nSPS) is 32.6. The van der Waals surface area contributed by atoms with Gasteiger partial charge >= 0.3 is 6.03 Å². The first kappa shape index (κ1) is 13.1. The third-order valence-corrected chi connectivity index (χ3v) is 4.41. The van der Waals surface area contributed by atoms with Crippen LogP contribution < -0.4 is 10.6 Å². The molecule has 2 unspecified atom stereocenters. The van der Waals surface area contributed by atoms with Crippen molar-refractivity contribution >= 4 is 17.8 Å². The van der Waals surface area contributed by atoms with E-state index in [4.69, 9.17) is 0 Å². The first-order valence-electron chi connectivity index (χ1n) is 7.17. The minimum Gasteiger partial charge on any atom is -0.340 e. The number of hydrogen-bond donors (Lipinski definition) is 2. The number of likely N-dealkylation sites (tertiary alicyclic amines) is 1. The highest BCUT2D eigenvalue weighted by Crippen LogP contribution is 2.27. The molecule has 2 aliphatic heterocycles. The monoisotopic (exact) mass is 277 g/mol. The zero-order valence-corrected chi connectivity index (χ0v) is 11.4. The van der Waals surface area contributed by atoms with Crippen molar-refractivity contribution in [3.8, 4) is 0 Å². The summed E-state index contributed by atoms with van der Waals surface area (Å²) in [7, 11) is 0. The van der Waals surface area contributed by atoms with E-state index < -0.39 is 11.6 Å². The second-order valence-electron chi connectivity index (χ2n) is 5.88. The van der Waals surface area contributed by atoms with Crippen molar-refractivity contribution in [1.82, 2.24) is 15.5 Å². The Labute approximate surface area is 117 Å². The van der Waals surface area contributed by atoms with Gasteiger partial charge in [0.2, 0.25) is 5.91 Å². The molecule has 1 spiro atoms.